The third-order valence-corrected chi connectivity index (χ3v) is 5.54. The summed E-state index contributed by atoms with van der Waals surface area (Å²) < 4.78 is 27.2. The van der Waals surface area contributed by atoms with Crippen molar-refractivity contribution in [3.63, 3.8) is 0 Å². The number of carbonyl (C=O) groups is 1. The number of H-pyrrole nitrogens is 1. The van der Waals surface area contributed by atoms with E-state index >= 15 is 0 Å². The van der Waals surface area contributed by atoms with Gasteiger partial charge in [-0.1, -0.05) is 6.92 Å². The Morgan fingerprint density at radius 1 is 1.52 bits per heavy atom. The fraction of sp³-hybridized carbons (Fsp3) is 0.667. The van der Waals surface area contributed by atoms with Crippen molar-refractivity contribution in [3.05, 3.63) is 11.8 Å². The molecule has 1 aliphatic carbocycles. The zero-order valence-electron chi connectivity index (χ0n) is 11.7. The van der Waals surface area contributed by atoms with Crippen molar-refractivity contribution in [2.45, 2.75) is 43.2 Å². The van der Waals surface area contributed by atoms with Gasteiger partial charge in [-0.15, -0.1) is 0 Å². The maximum absolute atomic E-state index is 12.4. The topological polar surface area (TPSA) is 132 Å². The Balaban J connectivity index is 2.28. The van der Waals surface area contributed by atoms with Gasteiger partial charge in [0.15, 0.2) is 5.03 Å². The predicted octanol–water partition coefficient (Wildman–Crippen LogP) is 0.327. The molecule has 2 rings (SSSR count). The lowest BCUT2D eigenvalue weighted by molar-refractivity contribution is 0.0692. The van der Waals surface area contributed by atoms with Crippen LogP contribution in [0.2, 0.25) is 0 Å². The molecule has 1 saturated carbocycles. The number of aliphatic hydroxyl groups excluding tert-OH is 1. The van der Waals surface area contributed by atoms with Gasteiger partial charge in [-0.05, 0) is 31.6 Å². The van der Waals surface area contributed by atoms with Crippen LogP contribution in [-0.4, -0.2) is 46.9 Å². The van der Waals surface area contributed by atoms with Gasteiger partial charge in [0.25, 0.3) is 10.0 Å². The van der Waals surface area contributed by atoms with Crippen molar-refractivity contribution in [1.29, 1.82) is 0 Å². The number of hydrogen-bond donors (Lipinski definition) is 4. The largest absolute Gasteiger partial charge is 0.478 e. The molecule has 4 N–H and O–H groups in total. The number of aromatic amines is 1. The van der Waals surface area contributed by atoms with Crippen molar-refractivity contribution >= 4 is 16.0 Å². The quantitative estimate of drug-likeness (QED) is 0.618. The maximum Gasteiger partial charge on any atom is 0.340 e. The van der Waals surface area contributed by atoms with Crippen LogP contribution in [-0.2, 0) is 10.0 Å². The van der Waals surface area contributed by atoms with Crippen molar-refractivity contribution in [2.75, 3.05) is 6.61 Å². The second-order valence-electron chi connectivity index (χ2n) is 5.64. The Labute approximate surface area is 122 Å². The third-order valence-electron chi connectivity index (χ3n) is 3.99. The summed E-state index contributed by atoms with van der Waals surface area (Å²) in [5, 5.41) is 23.8. The smallest absolute Gasteiger partial charge is 0.340 e. The number of aliphatic hydroxyl groups is 1. The maximum atomic E-state index is 12.4. The summed E-state index contributed by atoms with van der Waals surface area (Å²) in [7, 11) is -4.09. The molecule has 118 valence electrons. The van der Waals surface area contributed by atoms with Gasteiger partial charge in [-0.3, -0.25) is 5.10 Å². The van der Waals surface area contributed by atoms with E-state index in [0.717, 1.165) is 19.0 Å². The molecular formula is C12H19N3O5S. The number of carboxylic acids is 1. The lowest BCUT2D eigenvalue weighted by Crippen LogP contribution is -2.53. The molecule has 0 aromatic carbocycles. The van der Waals surface area contributed by atoms with E-state index in [9.17, 15) is 18.3 Å². The highest BCUT2D eigenvalue weighted by molar-refractivity contribution is 7.89. The monoisotopic (exact) mass is 317 g/mol. The van der Waals surface area contributed by atoms with E-state index in [1.165, 1.54) is 0 Å². The lowest BCUT2D eigenvalue weighted by atomic mass is 9.78. The second-order valence-corrected chi connectivity index (χ2v) is 7.26. The van der Waals surface area contributed by atoms with Crippen molar-refractivity contribution < 1.29 is 23.4 Å². The minimum Gasteiger partial charge on any atom is -0.478 e. The van der Waals surface area contributed by atoms with E-state index in [-0.39, 0.29) is 6.61 Å². The van der Waals surface area contributed by atoms with Crippen LogP contribution < -0.4 is 4.72 Å². The van der Waals surface area contributed by atoms with E-state index in [1.54, 1.807) is 0 Å². The molecule has 0 amide bonds. The normalized spacial score (nSPS) is 26.7. The minimum atomic E-state index is -4.09. The number of sulfonamides is 1. The Morgan fingerprint density at radius 2 is 2.14 bits per heavy atom. The fourth-order valence-corrected chi connectivity index (χ4v) is 4.12. The van der Waals surface area contributed by atoms with Gasteiger partial charge in [-0.25, -0.2) is 17.9 Å². The highest BCUT2D eigenvalue weighted by atomic mass is 32.2. The van der Waals surface area contributed by atoms with Crippen LogP contribution in [0.4, 0.5) is 0 Å². The number of nitrogens with one attached hydrogen (secondary N) is 2. The standard InChI is InChI=1S/C12H19N3O5S/c1-8-2-4-12(7-16,5-3-8)15-21(19,20)10-9(11(17)18)6-13-14-10/h6,8,15-16H,2-5,7H2,1H3,(H,13,14)(H,17,18). The Bertz CT molecular complexity index is 617. The average Bonchev–Trinajstić information content (AvgIpc) is 2.92. The molecule has 8 nitrogen and oxygen atoms in total. The van der Waals surface area contributed by atoms with Gasteiger partial charge in [0.1, 0.15) is 5.56 Å². The zero-order chi connectivity index (χ0) is 15.7. The highest BCUT2D eigenvalue weighted by Gasteiger charge is 2.39. The van der Waals surface area contributed by atoms with Gasteiger partial charge in [-0.2, -0.15) is 5.10 Å². The van der Waals surface area contributed by atoms with Crippen LogP contribution in [0.5, 0.6) is 0 Å². The van der Waals surface area contributed by atoms with E-state index in [0.29, 0.717) is 18.8 Å². The van der Waals surface area contributed by atoms with Gasteiger partial charge < -0.3 is 10.2 Å². The first kappa shape index (κ1) is 15.9. The number of aromatic carboxylic acids is 1. The predicted molar refractivity (Wildman–Crippen MR) is 73.3 cm³/mol. The number of hydrogen-bond acceptors (Lipinski definition) is 5. The molecule has 1 heterocycles. The van der Waals surface area contributed by atoms with Crippen molar-refractivity contribution in [3.8, 4) is 0 Å². The Hall–Kier alpha value is -1.45. The highest BCUT2D eigenvalue weighted by Crippen LogP contribution is 2.33. The first-order valence-electron chi connectivity index (χ1n) is 6.71. The number of nitrogens with zero attached hydrogens (tertiary/aromatic N) is 1. The Kier molecular flexibility index (Phi) is 4.35. The molecule has 0 radical (unpaired) electrons. The minimum absolute atomic E-state index is 0.324. The molecule has 0 saturated heterocycles. The van der Waals surface area contributed by atoms with Gasteiger partial charge in [0, 0.05) is 0 Å². The third kappa shape index (κ3) is 3.25. The lowest BCUT2D eigenvalue weighted by Gasteiger charge is -2.38. The molecule has 0 unspecified atom stereocenters. The first-order chi connectivity index (χ1) is 9.80. The van der Waals surface area contributed by atoms with Crippen LogP contribution >= 0.6 is 0 Å². The van der Waals surface area contributed by atoms with Gasteiger partial charge >= 0.3 is 5.97 Å². The molecule has 0 bridgehead atoms. The summed E-state index contributed by atoms with van der Waals surface area (Å²) in [5.41, 5.74) is -1.36. The number of aromatic nitrogens is 2. The van der Waals surface area contributed by atoms with E-state index < -0.39 is 32.1 Å². The summed E-state index contributed by atoms with van der Waals surface area (Å²) in [6, 6.07) is 0. The van der Waals surface area contributed by atoms with E-state index in [4.69, 9.17) is 5.11 Å². The average molecular weight is 317 g/mol. The SMILES string of the molecule is CC1CCC(CO)(NS(=O)(=O)c2[nH]ncc2C(=O)O)CC1. The van der Waals surface area contributed by atoms with E-state index in [1.807, 2.05) is 0 Å². The zero-order valence-corrected chi connectivity index (χ0v) is 12.5. The first-order valence-corrected chi connectivity index (χ1v) is 8.19. The van der Waals surface area contributed by atoms with Crippen molar-refractivity contribution in [1.82, 2.24) is 14.9 Å². The summed E-state index contributed by atoms with van der Waals surface area (Å²) in [5.74, 6) is -0.893. The summed E-state index contributed by atoms with van der Waals surface area (Å²) >= 11 is 0. The van der Waals surface area contributed by atoms with Crippen LogP contribution in [0.25, 0.3) is 0 Å². The molecule has 9 heteroatoms. The molecule has 1 aliphatic rings. The summed E-state index contributed by atoms with van der Waals surface area (Å²) in [6.07, 6.45) is 3.59. The van der Waals surface area contributed by atoms with Crippen LogP contribution in [0.15, 0.2) is 11.2 Å². The Morgan fingerprint density at radius 3 is 2.67 bits per heavy atom. The molecule has 0 spiro atoms. The van der Waals surface area contributed by atoms with Crippen LogP contribution in [0, 0.1) is 5.92 Å². The van der Waals surface area contributed by atoms with Gasteiger partial charge in [0.2, 0.25) is 0 Å². The molecule has 1 aromatic rings. The molecule has 21 heavy (non-hydrogen) atoms. The number of rotatable bonds is 5. The fourth-order valence-electron chi connectivity index (χ4n) is 2.57. The van der Waals surface area contributed by atoms with Gasteiger partial charge in [0.05, 0.1) is 18.3 Å². The molecular weight excluding hydrogens is 298 g/mol. The number of carboxylic acid groups (broad SMARTS) is 1. The molecule has 1 fully saturated rings. The molecule has 0 atom stereocenters. The summed E-state index contributed by atoms with van der Waals surface area (Å²) in [6.45, 7) is 1.75. The second kappa shape index (κ2) is 5.74. The van der Waals surface area contributed by atoms with Crippen LogP contribution in [0.1, 0.15) is 43.0 Å². The molecule has 1 aromatic heterocycles. The summed E-state index contributed by atoms with van der Waals surface area (Å²) in [4.78, 5) is 11.0. The van der Waals surface area contributed by atoms with E-state index in [2.05, 4.69) is 21.8 Å². The van der Waals surface area contributed by atoms with Crippen molar-refractivity contribution in [2.24, 2.45) is 5.92 Å². The molecule has 0 aliphatic heterocycles. The van der Waals surface area contributed by atoms with Crippen LogP contribution in [0.3, 0.4) is 0 Å².